The minimum absolute atomic E-state index is 0.328. The second kappa shape index (κ2) is 7.21. The van der Waals surface area contributed by atoms with E-state index in [9.17, 15) is 9.18 Å². The first-order chi connectivity index (χ1) is 13.6. The van der Waals surface area contributed by atoms with Crippen molar-refractivity contribution in [3.63, 3.8) is 0 Å². The van der Waals surface area contributed by atoms with Crippen molar-refractivity contribution in [2.75, 3.05) is 0 Å². The Morgan fingerprint density at radius 1 is 1.25 bits per heavy atom. The number of allylic oxidation sites excluding steroid dienone is 1. The van der Waals surface area contributed by atoms with Crippen LogP contribution in [0.4, 0.5) is 9.18 Å². The van der Waals surface area contributed by atoms with Gasteiger partial charge in [-0.3, -0.25) is 4.98 Å². The Hall–Kier alpha value is -3.57. The number of nitrogens with zero attached hydrogens (tertiary/aromatic N) is 3. The van der Waals surface area contributed by atoms with E-state index in [1.807, 2.05) is 17.5 Å². The molecule has 0 saturated heterocycles. The number of aromatic nitrogens is 2. The van der Waals surface area contributed by atoms with Gasteiger partial charge in [0.15, 0.2) is 0 Å². The van der Waals surface area contributed by atoms with Crippen molar-refractivity contribution in [2.24, 2.45) is 0 Å². The number of hydrogen-bond donors (Lipinski definition) is 2. The maximum atomic E-state index is 14.4. The average Bonchev–Trinajstić information content (AvgIpc) is 3.17. The fraction of sp³-hybridized carbons (Fsp3) is 0.100. The molecule has 1 unspecified atom stereocenters. The number of amides is 2. The van der Waals surface area contributed by atoms with E-state index in [4.69, 9.17) is 5.26 Å². The van der Waals surface area contributed by atoms with Gasteiger partial charge in [-0.2, -0.15) is 5.26 Å². The van der Waals surface area contributed by atoms with Gasteiger partial charge in [0.1, 0.15) is 10.8 Å². The summed E-state index contributed by atoms with van der Waals surface area (Å²) in [5.41, 5.74) is 3.84. The largest absolute Gasteiger partial charge is 0.327 e. The van der Waals surface area contributed by atoms with Crippen LogP contribution < -0.4 is 10.6 Å². The van der Waals surface area contributed by atoms with Crippen LogP contribution in [-0.2, 0) is 0 Å². The summed E-state index contributed by atoms with van der Waals surface area (Å²) in [7, 11) is 0. The van der Waals surface area contributed by atoms with Crippen molar-refractivity contribution in [3.8, 4) is 17.3 Å². The van der Waals surface area contributed by atoms with E-state index in [1.54, 1.807) is 25.1 Å². The quantitative estimate of drug-likeness (QED) is 0.706. The van der Waals surface area contributed by atoms with Crippen LogP contribution in [0, 0.1) is 17.1 Å². The molecular formula is C20H14FN5OS. The van der Waals surface area contributed by atoms with Gasteiger partial charge in [0, 0.05) is 34.0 Å². The average molecular weight is 391 g/mol. The molecule has 0 saturated carbocycles. The first kappa shape index (κ1) is 17.8. The maximum Gasteiger partial charge on any atom is 0.319 e. The van der Waals surface area contributed by atoms with Gasteiger partial charge in [-0.05, 0) is 25.1 Å². The number of nitrogens with one attached hydrogen (secondary N) is 2. The van der Waals surface area contributed by atoms with Crippen molar-refractivity contribution < 1.29 is 9.18 Å². The summed E-state index contributed by atoms with van der Waals surface area (Å²) >= 11 is 1.41. The number of pyridine rings is 1. The van der Waals surface area contributed by atoms with E-state index in [1.165, 1.54) is 17.5 Å². The zero-order valence-electron chi connectivity index (χ0n) is 14.7. The number of halogens is 1. The Morgan fingerprint density at radius 3 is 2.75 bits per heavy atom. The monoisotopic (exact) mass is 391 g/mol. The van der Waals surface area contributed by atoms with Gasteiger partial charge in [0.05, 0.1) is 29.6 Å². The van der Waals surface area contributed by atoms with E-state index in [-0.39, 0.29) is 0 Å². The van der Waals surface area contributed by atoms with Crippen LogP contribution in [0.2, 0.25) is 0 Å². The SMILES string of the molecule is CC1=C(c2nc(-c3ccc(C#N)cc3)cs2)C(c2ccncc2F)NC(=O)N1. The Morgan fingerprint density at radius 2 is 2.04 bits per heavy atom. The molecule has 3 heterocycles. The van der Waals surface area contributed by atoms with Crippen molar-refractivity contribution in [1.29, 1.82) is 5.26 Å². The van der Waals surface area contributed by atoms with Gasteiger partial charge in [0.25, 0.3) is 0 Å². The van der Waals surface area contributed by atoms with Crippen LogP contribution in [-0.4, -0.2) is 16.0 Å². The molecule has 1 aliphatic heterocycles. The van der Waals surface area contributed by atoms with Gasteiger partial charge in [-0.15, -0.1) is 11.3 Å². The van der Waals surface area contributed by atoms with Crippen molar-refractivity contribution in [3.05, 3.63) is 75.8 Å². The summed E-state index contributed by atoms with van der Waals surface area (Å²) in [6, 6.07) is 9.70. The van der Waals surface area contributed by atoms with E-state index in [0.717, 1.165) is 17.5 Å². The van der Waals surface area contributed by atoms with Gasteiger partial charge >= 0.3 is 6.03 Å². The normalized spacial score (nSPS) is 16.3. The second-order valence-corrected chi connectivity index (χ2v) is 7.05. The van der Waals surface area contributed by atoms with Crippen LogP contribution in [0.3, 0.4) is 0 Å². The highest BCUT2D eigenvalue weighted by Gasteiger charge is 2.31. The number of rotatable bonds is 3. The number of carbonyl (C=O) groups is 1. The Balaban J connectivity index is 1.76. The fourth-order valence-corrected chi connectivity index (χ4v) is 4.04. The lowest BCUT2D eigenvalue weighted by molar-refractivity contribution is 0.240. The predicted molar refractivity (Wildman–Crippen MR) is 103 cm³/mol. The standard InChI is InChI=1S/C20H14FN5OS/c1-11-17(18(26-20(27)24-11)14-6-7-23-9-15(14)21)19-25-16(10-28-19)13-4-2-12(8-22)3-5-13/h2-7,9-10,18H,1H3,(H2,24,26,27). The molecule has 6 nitrogen and oxygen atoms in total. The number of carbonyl (C=O) groups excluding carboxylic acids is 1. The number of urea groups is 1. The lowest BCUT2D eigenvalue weighted by Crippen LogP contribution is -2.43. The molecular weight excluding hydrogens is 377 g/mol. The molecule has 1 atom stereocenters. The molecule has 0 bridgehead atoms. The highest BCUT2D eigenvalue weighted by molar-refractivity contribution is 7.11. The Labute approximate surface area is 164 Å². The molecule has 3 aromatic rings. The van der Waals surface area contributed by atoms with Gasteiger partial charge in [0.2, 0.25) is 0 Å². The first-order valence-corrected chi connectivity index (χ1v) is 9.29. The third-order valence-electron chi connectivity index (χ3n) is 4.43. The highest BCUT2D eigenvalue weighted by Crippen LogP contribution is 2.37. The molecule has 2 N–H and O–H groups in total. The molecule has 0 radical (unpaired) electrons. The molecule has 1 aromatic carbocycles. The summed E-state index contributed by atoms with van der Waals surface area (Å²) in [4.78, 5) is 20.5. The molecule has 0 aliphatic carbocycles. The molecule has 2 aromatic heterocycles. The summed E-state index contributed by atoms with van der Waals surface area (Å²) in [5.74, 6) is -0.496. The number of hydrogen-bond acceptors (Lipinski definition) is 5. The van der Waals surface area contributed by atoms with Crippen LogP contribution in [0.1, 0.15) is 29.1 Å². The van der Waals surface area contributed by atoms with Crippen LogP contribution in [0.25, 0.3) is 16.8 Å². The minimum Gasteiger partial charge on any atom is -0.327 e. The second-order valence-electron chi connectivity index (χ2n) is 6.19. The summed E-state index contributed by atoms with van der Waals surface area (Å²) in [6.07, 6.45) is 2.62. The van der Waals surface area contributed by atoms with Crippen LogP contribution in [0.5, 0.6) is 0 Å². The molecule has 4 rings (SSSR count). The topological polar surface area (TPSA) is 90.7 Å². The molecule has 8 heteroatoms. The smallest absolute Gasteiger partial charge is 0.319 e. The number of benzene rings is 1. The molecule has 1 aliphatic rings. The third kappa shape index (κ3) is 3.23. The van der Waals surface area contributed by atoms with Gasteiger partial charge in [-0.25, -0.2) is 14.2 Å². The predicted octanol–water partition coefficient (Wildman–Crippen LogP) is 4.00. The molecule has 28 heavy (non-hydrogen) atoms. The van der Waals surface area contributed by atoms with Crippen LogP contribution in [0.15, 0.2) is 53.8 Å². The van der Waals surface area contributed by atoms with E-state index in [2.05, 4.69) is 26.7 Å². The van der Waals surface area contributed by atoms with Gasteiger partial charge < -0.3 is 10.6 Å². The maximum absolute atomic E-state index is 14.4. The van der Waals surface area contributed by atoms with Crippen molar-refractivity contribution >= 4 is 22.9 Å². The molecule has 138 valence electrons. The third-order valence-corrected chi connectivity index (χ3v) is 5.30. The molecule has 2 amide bonds. The lowest BCUT2D eigenvalue weighted by atomic mass is 9.96. The highest BCUT2D eigenvalue weighted by atomic mass is 32.1. The Bertz CT molecular complexity index is 1130. The fourth-order valence-electron chi connectivity index (χ4n) is 3.08. The summed E-state index contributed by atoms with van der Waals surface area (Å²) in [6.45, 7) is 1.77. The minimum atomic E-state index is -0.670. The summed E-state index contributed by atoms with van der Waals surface area (Å²) in [5, 5.41) is 17.0. The molecule has 0 spiro atoms. The van der Waals surface area contributed by atoms with E-state index >= 15 is 0 Å². The van der Waals surface area contributed by atoms with Crippen molar-refractivity contribution in [1.82, 2.24) is 20.6 Å². The lowest BCUT2D eigenvalue weighted by Gasteiger charge is -2.28. The van der Waals surface area contributed by atoms with E-state index < -0.39 is 17.9 Å². The molecule has 0 fully saturated rings. The zero-order valence-corrected chi connectivity index (χ0v) is 15.5. The van der Waals surface area contributed by atoms with Crippen LogP contribution >= 0.6 is 11.3 Å². The van der Waals surface area contributed by atoms with E-state index in [0.29, 0.717) is 27.4 Å². The summed E-state index contributed by atoms with van der Waals surface area (Å²) < 4.78 is 14.4. The zero-order chi connectivity index (χ0) is 19.7. The van der Waals surface area contributed by atoms with Crippen molar-refractivity contribution in [2.45, 2.75) is 13.0 Å². The number of nitriles is 1. The number of thiazole rings is 1. The van der Waals surface area contributed by atoms with Gasteiger partial charge in [-0.1, -0.05) is 12.1 Å². The Kier molecular flexibility index (Phi) is 4.59. The first-order valence-electron chi connectivity index (χ1n) is 8.41.